The van der Waals surface area contributed by atoms with Crippen molar-refractivity contribution >= 4 is 30.0 Å². The molecule has 0 bridgehead atoms. The summed E-state index contributed by atoms with van der Waals surface area (Å²) in [6.07, 6.45) is 23.9. The van der Waals surface area contributed by atoms with Crippen LogP contribution in [-0.4, -0.2) is 52.8 Å². The number of carboxylic acids is 2. The summed E-state index contributed by atoms with van der Waals surface area (Å²) in [6.45, 7) is 0.638. The van der Waals surface area contributed by atoms with E-state index in [1.165, 1.54) is 70.6 Å². The minimum Gasteiger partial charge on any atom is -0.481 e. The molecule has 0 aromatic carbocycles. The molecule has 0 aromatic rings. The smallest absolute Gasteiger partial charge is 0.326 e. The van der Waals surface area contributed by atoms with Crippen molar-refractivity contribution in [2.45, 2.75) is 160 Å². The van der Waals surface area contributed by atoms with Crippen molar-refractivity contribution in [2.24, 2.45) is 11.8 Å². The highest BCUT2D eigenvalue weighted by molar-refractivity contribution is 5.85. The Morgan fingerprint density at radius 3 is 1.55 bits per heavy atom. The molecule has 0 aliphatic heterocycles. The summed E-state index contributed by atoms with van der Waals surface area (Å²) in [4.78, 5) is 57.0. The minimum absolute atomic E-state index is 0.104. The van der Waals surface area contributed by atoms with Crippen LogP contribution in [0.1, 0.15) is 154 Å². The van der Waals surface area contributed by atoms with E-state index in [9.17, 15) is 29.1 Å². The molecule has 9 nitrogen and oxygen atoms in total. The van der Waals surface area contributed by atoms with Gasteiger partial charge in [0.1, 0.15) is 12.3 Å². The number of aliphatic carboxylic acids is 2. The van der Waals surface area contributed by atoms with Gasteiger partial charge >= 0.3 is 11.9 Å². The number of nitrogens with one attached hydrogen (secondary N) is 2. The molecule has 1 aliphatic carbocycles. The Labute approximate surface area is 253 Å². The summed E-state index contributed by atoms with van der Waals surface area (Å²) in [5.41, 5.74) is 0. The third kappa shape index (κ3) is 20.4. The summed E-state index contributed by atoms with van der Waals surface area (Å²) in [5, 5.41) is 23.5. The summed E-state index contributed by atoms with van der Waals surface area (Å²) in [7, 11) is 0. The summed E-state index contributed by atoms with van der Waals surface area (Å²) < 4.78 is 0. The number of hydrogen-bond donors (Lipinski definition) is 4. The molecule has 1 saturated carbocycles. The number of amides is 2. The Balaban J connectivity index is 1.91. The van der Waals surface area contributed by atoms with E-state index in [0.29, 0.717) is 44.4 Å². The van der Waals surface area contributed by atoms with E-state index in [2.05, 4.69) is 10.6 Å². The molecule has 1 fully saturated rings. The summed E-state index contributed by atoms with van der Waals surface area (Å²) in [5.74, 6) is -1.80. The lowest BCUT2D eigenvalue weighted by Crippen LogP contribution is -2.44. The molecule has 9 heteroatoms. The molecule has 242 valence electrons. The molecule has 0 heterocycles. The average molecular weight is 595 g/mol. The van der Waals surface area contributed by atoms with Crippen LogP contribution in [0, 0.1) is 11.8 Å². The van der Waals surface area contributed by atoms with Gasteiger partial charge in [0, 0.05) is 31.7 Å². The molecule has 2 amide bonds. The second-order valence-electron chi connectivity index (χ2n) is 12.2. The molecule has 1 atom stereocenters. The maximum Gasteiger partial charge on any atom is 0.326 e. The second-order valence-corrected chi connectivity index (χ2v) is 12.2. The van der Waals surface area contributed by atoms with E-state index in [1.54, 1.807) is 0 Å². The molecule has 0 radical (unpaired) electrons. The predicted octanol–water partition coefficient (Wildman–Crippen LogP) is 6.56. The van der Waals surface area contributed by atoms with Crippen LogP contribution in [0.2, 0.25) is 0 Å². The fourth-order valence-electron chi connectivity index (χ4n) is 5.79. The largest absolute Gasteiger partial charge is 0.481 e. The van der Waals surface area contributed by atoms with Crippen molar-refractivity contribution in [1.29, 1.82) is 0 Å². The van der Waals surface area contributed by atoms with Gasteiger partial charge < -0.3 is 25.6 Å². The number of unbranched alkanes of at least 4 members (excludes halogenated alkanes) is 15. The molecule has 0 aromatic heterocycles. The van der Waals surface area contributed by atoms with E-state index in [1.807, 2.05) is 0 Å². The first-order valence-corrected chi connectivity index (χ1v) is 16.8. The summed E-state index contributed by atoms with van der Waals surface area (Å²) >= 11 is 0. The van der Waals surface area contributed by atoms with Gasteiger partial charge in [-0.25, -0.2) is 4.79 Å². The standard InChI is InChI=1S/C33H58N2O7/c36-25-17-18-29(33(41)42)35-32(40)28-23-21-27(22-24-28)26-34-30(37)19-15-13-11-9-7-5-3-1-2-4-6-8-10-12-14-16-20-31(38)39/h25,27-29H,1-24,26H2,(H,34,37)(H,35,40)(H,38,39)(H,41,42). The second kappa shape index (κ2) is 25.1. The number of rotatable bonds is 27. The first-order chi connectivity index (χ1) is 20.3. The van der Waals surface area contributed by atoms with Crippen molar-refractivity contribution in [2.75, 3.05) is 6.54 Å². The first kappa shape index (κ1) is 37.6. The van der Waals surface area contributed by atoms with Gasteiger partial charge in [-0.2, -0.15) is 0 Å². The van der Waals surface area contributed by atoms with Crippen molar-refractivity contribution in [3.05, 3.63) is 0 Å². The van der Waals surface area contributed by atoms with E-state index in [0.717, 1.165) is 44.9 Å². The van der Waals surface area contributed by atoms with Crippen LogP contribution in [0.15, 0.2) is 0 Å². The van der Waals surface area contributed by atoms with Crippen LogP contribution >= 0.6 is 0 Å². The Hall–Kier alpha value is -2.45. The zero-order chi connectivity index (χ0) is 30.8. The highest BCUT2D eigenvalue weighted by Gasteiger charge is 2.29. The lowest BCUT2D eigenvalue weighted by atomic mass is 9.81. The van der Waals surface area contributed by atoms with Crippen molar-refractivity contribution in [3.8, 4) is 0 Å². The number of carbonyl (C=O) groups is 5. The van der Waals surface area contributed by atoms with Crippen LogP contribution in [0.4, 0.5) is 0 Å². The minimum atomic E-state index is -1.12. The zero-order valence-electron chi connectivity index (χ0n) is 25.9. The lowest BCUT2D eigenvalue weighted by Gasteiger charge is -2.28. The van der Waals surface area contributed by atoms with Gasteiger partial charge in [0.2, 0.25) is 11.8 Å². The average Bonchev–Trinajstić information content (AvgIpc) is 2.97. The lowest BCUT2D eigenvalue weighted by molar-refractivity contribution is -0.143. The van der Waals surface area contributed by atoms with E-state index < -0.39 is 18.0 Å². The fourth-order valence-corrected chi connectivity index (χ4v) is 5.79. The van der Waals surface area contributed by atoms with Crippen molar-refractivity contribution < 1.29 is 34.2 Å². The highest BCUT2D eigenvalue weighted by Crippen LogP contribution is 2.28. The maximum atomic E-state index is 12.5. The Kier molecular flexibility index (Phi) is 22.4. The van der Waals surface area contributed by atoms with Gasteiger partial charge in [-0.05, 0) is 50.9 Å². The number of hydrogen-bond acceptors (Lipinski definition) is 5. The van der Waals surface area contributed by atoms with Gasteiger partial charge in [-0.15, -0.1) is 0 Å². The van der Waals surface area contributed by atoms with Crippen LogP contribution in [0.5, 0.6) is 0 Å². The highest BCUT2D eigenvalue weighted by atomic mass is 16.4. The maximum absolute atomic E-state index is 12.5. The monoisotopic (exact) mass is 594 g/mol. The zero-order valence-corrected chi connectivity index (χ0v) is 25.9. The molecule has 42 heavy (non-hydrogen) atoms. The van der Waals surface area contributed by atoms with Crippen LogP contribution in [-0.2, 0) is 24.0 Å². The third-order valence-electron chi connectivity index (χ3n) is 8.54. The Bertz CT molecular complexity index is 765. The van der Waals surface area contributed by atoms with Crippen molar-refractivity contribution in [1.82, 2.24) is 10.6 Å². The third-order valence-corrected chi connectivity index (χ3v) is 8.54. The van der Waals surface area contributed by atoms with Crippen LogP contribution in [0.3, 0.4) is 0 Å². The molecule has 1 unspecified atom stereocenters. The summed E-state index contributed by atoms with van der Waals surface area (Å²) in [6, 6.07) is -1.02. The van der Waals surface area contributed by atoms with Gasteiger partial charge in [0.15, 0.2) is 0 Å². The van der Waals surface area contributed by atoms with Crippen LogP contribution in [0.25, 0.3) is 0 Å². The number of aldehydes is 1. The predicted molar refractivity (Wildman–Crippen MR) is 164 cm³/mol. The SMILES string of the molecule is O=CCCC(NC(=O)C1CCC(CNC(=O)CCCCCCCCCCCCCCCCCCC(=O)O)CC1)C(=O)O. The van der Waals surface area contributed by atoms with Gasteiger partial charge in [0.05, 0.1) is 0 Å². The van der Waals surface area contributed by atoms with Gasteiger partial charge in [0.25, 0.3) is 0 Å². The topological polar surface area (TPSA) is 150 Å². The van der Waals surface area contributed by atoms with E-state index in [-0.39, 0.29) is 30.6 Å². The first-order valence-electron chi connectivity index (χ1n) is 16.8. The number of carbonyl (C=O) groups excluding carboxylic acids is 3. The number of carboxylic acid groups (broad SMARTS) is 2. The Morgan fingerprint density at radius 1 is 0.667 bits per heavy atom. The molecule has 0 saturated heterocycles. The molecule has 1 rings (SSSR count). The Morgan fingerprint density at radius 2 is 1.12 bits per heavy atom. The van der Waals surface area contributed by atoms with E-state index in [4.69, 9.17) is 5.11 Å². The fraction of sp³-hybridized carbons (Fsp3) is 0.848. The van der Waals surface area contributed by atoms with Crippen molar-refractivity contribution in [3.63, 3.8) is 0 Å². The van der Waals surface area contributed by atoms with E-state index >= 15 is 0 Å². The van der Waals surface area contributed by atoms with Gasteiger partial charge in [-0.3, -0.25) is 14.4 Å². The quantitative estimate of drug-likeness (QED) is 0.0621. The van der Waals surface area contributed by atoms with Gasteiger partial charge in [-0.1, -0.05) is 89.9 Å². The molecule has 4 N–H and O–H groups in total. The molecule has 1 aliphatic rings. The van der Waals surface area contributed by atoms with Crippen LogP contribution < -0.4 is 10.6 Å². The molecule has 0 spiro atoms. The molecular weight excluding hydrogens is 536 g/mol. The normalized spacial score (nSPS) is 17.3. The molecular formula is C33H58N2O7.